The van der Waals surface area contributed by atoms with Crippen molar-refractivity contribution in [3.8, 4) is 0 Å². The summed E-state index contributed by atoms with van der Waals surface area (Å²) in [6.45, 7) is 2.55. The first-order chi connectivity index (χ1) is 13.4. The van der Waals surface area contributed by atoms with Crippen molar-refractivity contribution >= 4 is 11.7 Å². The van der Waals surface area contributed by atoms with E-state index < -0.39 is 29.9 Å². The van der Waals surface area contributed by atoms with Crippen LogP contribution in [-0.4, -0.2) is 61.0 Å². The highest BCUT2D eigenvalue weighted by molar-refractivity contribution is 5.87. The van der Waals surface area contributed by atoms with Gasteiger partial charge >= 0.3 is 0 Å². The van der Waals surface area contributed by atoms with Crippen LogP contribution in [0.5, 0.6) is 0 Å². The van der Waals surface area contributed by atoms with Crippen LogP contribution in [-0.2, 0) is 20.7 Å². The van der Waals surface area contributed by atoms with Gasteiger partial charge in [0, 0.05) is 6.54 Å². The first-order valence-corrected chi connectivity index (χ1v) is 9.78. The average molecular weight is 393 g/mol. The van der Waals surface area contributed by atoms with Crippen LogP contribution in [0.4, 0.5) is 0 Å². The minimum Gasteiger partial charge on any atom is -0.371 e. The first kappa shape index (κ1) is 22.4. The number of carbonyl (C=O) groups is 2. The van der Waals surface area contributed by atoms with Gasteiger partial charge in [-0.3, -0.25) is 20.2 Å². The number of hydrogen-bond acceptors (Lipinski definition) is 7. The van der Waals surface area contributed by atoms with Crippen molar-refractivity contribution in [2.75, 3.05) is 20.2 Å². The summed E-state index contributed by atoms with van der Waals surface area (Å²) >= 11 is 0. The van der Waals surface area contributed by atoms with E-state index in [1.165, 1.54) is 0 Å². The van der Waals surface area contributed by atoms with Crippen molar-refractivity contribution in [3.63, 3.8) is 0 Å². The molecule has 4 atom stereocenters. The number of aryl methyl sites for hydroxylation is 1. The maximum Gasteiger partial charge on any atom is 0.234 e. The molecule has 0 spiro atoms. The van der Waals surface area contributed by atoms with Crippen LogP contribution in [0.3, 0.4) is 0 Å². The monoisotopic (exact) mass is 392 g/mol. The normalized spacial score (nSPS) is 21.7. The third-order valence-corrected chi connectivity index (χ3v) is 4.96. The molecule has 8 heteroatoms. The number of aliphatic hydroxyl groups is 1. The minimum absolute atomic E-state index is 0.192. The molecule has 1 aromatic carbocycles. The van der Waals surface area contributed by atoms with Crippen LogP contribution < -0.4 is 21.7 Å². The number of ether oxygens (including phenoxy) is 1. The summed E-state index contributed by atoms with van der Waals surface area (Å²) < 4.78 is 5.47. The number of nitrogens with two attached hydrogens (primary N) is 1. The SMILES string of the molecule is CCCC(NC)C(=O)C(O)NCC1(NC(CCc2ccccc2)C(N)=O)CO1. The summed E-state index contributed by atoms with van der Waals surface area (Å²) in [6.07, 6.45) is 1.41. The number of hydrogen-bond donors (Lipinski definition) is 5. The molecule has 1 fully saturated rings. The van der Waals surface area contributed by atoms with Crippen molar-refractivity contribution in [3.05, 3.63) is 35.9 Å². The Hall–Kier alpha value is -1.84. The first-order valence-electron chi connectivity index (χ1n) is 9.78. The standard InChI is InChI=1S/C20H32N4O4/c1-3-7-15(22-2)17(25)19(27)23-12-20(13-28-20)24-16(18(21)26)11-10-14-8-5-4-6-9-14/h4-6,8-9,15-16,19,22-24,27H,3,7,10-13H2,1-2H3,(H2,21,26). The molecule has 1 aromatic rings. The van der Waals surface area contributed by atoms with Crippen molar-refractivity contribution in [1.29, 1.82) is 0 Å². The van der Waals surface area contributed by atoms with Crippen LogP contribution in [0.15, 0.2) is 30.3 Å². The number of primary amides is 1. The van der Waals surface area contributed by atoms with E-state index >= 15 is 0 Å². The molecule has 1 amide bonds. The second kappa shape index (κ2) is 10.6. The zero-order chi connectivity index (χ0) is 20.6. The maximum absolute atomic E-state index is 12.3. The van der Waals surface area contributed by atoms with E-state index in [2.05, 4.69) is 16.0 Å². The molecule has 1 aliphatic heterocycles. The van der Waals surface area contributed by atoms with Gasteiger partial charge in [-0.1, -0.05) is 43.7 Å². The van der Waals surface area contributed by atoms with Crippen LogP contribution >= 0.6 is 0 Å². The van der Waals surface area contributed by atoms with Gasteiger partial charge in [-0.05, 0) is 31.9 Å². The van der Waals surface area contributed by atoms with Crippen molar-refractivity contribution in [2.24, 2.45) is 5.73 Å². The van der Waals surface area contributed by atoms with E-state index in [9.17, 15) is 14.7 Å². The summed E-state index contributed by atoms with van der Waals surface area (Å²) in [6, 6.07) is 8.87. The van der Waals surface area contributed by atoms with Crippen LogP contribution in [0.1, 0.15) is 31.7 Å². The lowest BCUT2D eigenvalue weighted by Crippen LogP contribution is -2.56. The van der Waals surface area contributed by atoms with Gasteiger partial charge in [0.05, 0.1) is 18.7 Å². The summed E-state index contributed by atoms with van der Waals surface area (Å²) in [5.41, 5.74) is 5.87. The van der Waals surface area contributed by atoms with E-state index in [0.717, 1.165) is 12.0 Å². The minimum atomic E-state index is -1.30. The zero-order valence-corrected chi connectivity index (χ0v) is 16.6. The Morgan fingerprint density at radius 1 is 1.25 bits per heavy atom. The number of likely N-dealkylation sites (N-methyl/N-ethyl adjacent to an activating group) is 1. The summed E-state index contributed by atoms with van der Waals surface area (Å²) in [5, 5.41) is 19.0. The molecule has 1 saturated heterocycles. The largest absolute Gasteiger partial charge is 0.371 e. The molecule has 1 heterocycles. The van der Waals surface area contributed by atoms with Gasteiger partial charge in [0.25, 0.3) is 0 Å². The average Bonchev–Trinajstić information content (AvgIpc) is 3.47. The number of amides is 1. The fraction of sp³-hybridized carbons (Fsp3) is 0.600. The second-order valence-electron chi connectivity index (χ2n) is 7.22. The molecule has 0 aromatic heterocycles. The van der Waals surface area contributed by atoms with E-state index in [-0.39, 0.29) is 12.3 Å². The van der Waals surface area contributed by atoms with Gasteiger partial charge in [0.2, 0.25) is 5.91 Å². The summed E-state index contributed by atoms with van der Waals surface area (Å²) in [4.78, 5) is 24.1. The van der Waals surface area contributed by atoms with Crippen molar-refractivity contribution in [1.82, 2.24) is 16.0 Å². The highest BCUT2D eigenvalue weighted by atomic mass is 16.6. The topological polar surface area (TPSA) is 129 Å². The Bertz CT molecular complexity index is 636. The van der Waals surface area contributed by atoms with Crippen LogP contribution in [0.25, 0.3) is 0 Å². The Balaban J connectivity index is 1.85. The van der Waals surface area contributed by atoms with Crippen molar-refractivity contribution < 1.29 is 19.4 Å². The molecule has 0 radical (unpaired) electrons. The van der Waals surface area contributed by atoms with E-state index in [1.807, 2.05) is 37.3 Å². The smallest absolute Gasteiger partial charge is 0.234 e. The molecule has 0 bridgehead atoms. The third-order valence-electron chi connectivity index (χ3n) is 4.96. The third kappa shape index (κ3) is 6.65. The molecule has 0 saturated carbocycles. The molecule has 2 rings (SSSR count). The van der Waals surface area contributed by atoms with E-state index in [4.69, 9.17) is 10.5 Å². The quantitative estimate of drug-likeness (QED) is 0.216. The molecule has 156 valence electrons. The summed E-state index contributed by atoms with van der Waals surface area (Å²) in [5.74, 6) is -0.767. The lowest BCUT2D eigenvalue weighted by Gasteiger charge is -2.24. The number of ketones is 1. The molecule has 6 N–H and O–H groups in total. The number of rotatable bonds is 14. The maximum atomic E-state index is 12.3. The number of Topliss-reactive ketones (excluding diaryl/α,β-unsaturated/α-hetero) is 1. The predicted molar refractivity (Wildman–Crippen MR) is 106 cm³/mol. The fourth-order valence-corrected chi connectivity index (χ4v) is 3.15. The van der Waals surface area contributed by atoms with Crippen LogP contribution in [0, 0.1) is 0 Å². The lowest BCUT2D eigenvalue weighted by atomic mass is 10.0. The van der Waals surface area contributed by atoms with E-state index in [0.29, 0.717) is 25.9 Å². The number of carbonyl (C=O) groups excluding carboxylic acids is 2. The van der Waals surface area contributed by atoms with Crippen LogP contribution in [0.2, 0.25) is 0 Å². The highest BCUT2D eigenvalue weighted by Crippen LogP contribution is 2.24. The second-order valence-corrected chi connectivity index (χ2v) is 7.22. The number of epoxide rings is 1. The van der Waals surface area contributed by atoms with Gasteiger partial charge < -0.3 is 20.9 Å². The van der Waals surface area contributed by atoms with Crippen molar-refractivity contribution in [2.45, 2.75) is 56.6 Å². The summed E-state index contributed by atoms with van der Waals surface area (Å²) in [7, 11) is 1.70. The molecule has 0 aliphatic carbocycles. The zero-order valence-electron chi connectivity index (χ0n) is 16.6. The molecule has 28 heavy (non-hydrogen) atoms. The number of aliphatic hydroxyl groups excluding tert-OH is 1. The number of nitrogens with one attached hydrogen (secondary N) is 3. The molecule has 4 unspecified atom stereocenters. The Morgan fingerprint density at radius 2 is 1.93 bits per heavy atom. The molecule has 1 aliphatic rings. The number of benzene rings is 1. The predicted octanol–water partition coefficient (Wildman–Crippen LogP) is -0.346. The molecule has 8 nitrogen and oxygen atoms in total. The molecular weight excluding hydrogens is 360 g/mol. The van der Waals surface area contributed by atoms with Gasteiger partial charge in [-0.2, -0.15) is 0 Å². The molecular formula is C20H32N4O4. The Labute approximate surface area is 166 Å². The van der Waals surface area contributed by atoms with Gasteiger partial charge in [0.1, 0.15) is 0 Å². The Kier molecular flexibility index (Phi) is 8.53. The van der Waals surface area contributed by atoms with E-state index in [1.54, 1.807) is 7.05 Å². The highest BCUT2D eigenvalue weighted by Gasteiger charge is 2.47. The Morgan fingerprint density at radius 3 is 2.46 bits per heavy atom. The van der Waals surface area contributed by atoms with Gasteiger partial charge in [0.15, 0.2) is 17.7 Å². The van der Waals surface area contributed by atoms with Gasteiger partial charge in [-0.15, -0.1) is 0 Å². The lowest BCUT2D eigenvalue weighted by molar-refractivity contribution is -0.131. The fourth-order valence-electron chi connectivity index (χ4n) is 3.15. The van der Waals surface area contributed by atoms with Gasteiger partial charge in [-0.25, -0.2) is 0 Å².